The molecule has 4 aliphatic rings. The van der Waals surface area contributed by atoms with Crippen molar-refractivity contribution in [2.75, 3.05) is 0 Å². The summed E-state index contributed by atoms with van der Waals surface area (Å²) in [6.07, 6.45) is 16.5. The lowest BCUT2D eigenvalue weighted by Gasteiger charge is -2.69. The molecule has 0 aromatic rings. The van der Waals surface area contributed by atoms with E-state index in [9.17, 15) is 5.11 Å². The number of aliphatic hydroxyl groups is 1. The molecule has 0 spiro atoms. The molecule has 0 unspecified atom stereocenters. The summed E-state index contributed by atoms with van der Waals surface area (Å²) in [5.41, 5.74) is 1.68. The minimum atomic E-state index is -0.0961. The van der Waals surface area contributed by atoms with E-state index in [2.05, 4.69) is 55.4 Å². The number of hydrogen-bond acceptors (Lipinski definition) is 1. The van der Waals surface area contributed by atoms with E-state index in [1.54, 1.807) is 0 Å². The maximum Gasteiger partial charge on any atom is 0.0594 e. The predicted octanol–water partition coefficient (Wildman–Crippen LogP) is 8.88. The van der Waals surface area contributed by atoms with Crippen LogP contribution in [0.15, 0.2) is 0 Å². The molecule has 1 N–H and O–H groups in total. The summed E-state index contributed by atoms with van der Waals surface area (Å²) < 4.78 is 0. The maximum absolute atomic E-state index is 10.9. The van der Waals surface area contributed by atoms with Crippen LogP contribution in [0.1, 0.15) is 132 Å². The number of fused-ring (bicyclic) bond motifs is 5. The molecular weight excluding hydrogens is 388 g/mol. The minimum absolute atomic E-state index is 0.0961. The van der Waals surface area contributed by atoms with Gasteiger partial charge in [0.2, 0.25) is 0 Å². The van der Waals surface area contributed by atoms with Gasteiger partial charge in [0.15, 0.2) is 0 Å². The Balaban J connectivity index is 1.60. The second-order valence-corrected chi connectivity index (χ2v) is 14.6. The van der Waals surface area contributed by atoms with Gasteiger partial charge in [-0.25, -0.2) is 0 Å². The molecule has 0 saturated heterocycles. The third-order valence-electron chi connectivity index (χ3n) is 13.0. The van der Waals surface area contributed by atoms with Crippen molar-refractivity contribution in [3.8, 4) is 0 Å². The Morgan fingerprint density at radius 3 is 2.12 bits per heavy atom. The summed E-state index contributed by atoms with van der Waals surface area (Å²) in [6, 6.07) is 0. The molecule has 0 aliphatic heterocycles. The molecule has 0 radical (unpaired) electrons. The summed E-state index contributed by atoms with van der Waals surface area (Å²) in [5.74, 6) is 5.13. The van der Waals surface area contributed by atoms with Gasteiger partial charge in [0.25, 0.3) is 0 Å². The third kappa shape index (κ3) is 3.48. The second kappa shape index (κ2) is 8.57. The van der Waals surface area contributed by atoms with Gasteiger partial charge in [-0.2, -0.15) is 0 Å². The van der Waals surface area contributed by atoms with E-state index < -0.39 is 0 Å². The van der Waals surface area contributed by atoms with Crippen LogP contribution in [0.4, 0.5) is 0 Å². The van der Waals surface area contributed by atoms with E-state index in [1.807, 2.05) is 0 Å². The SMILES string of the molecule is CC[C@@]12CC[C@]3(C)[C@@H]([C@H](C)CCCC(C)C)CC[C@@]3(C)[C@@H]1CC[C@@H]1[C@H]2CC[C@H](O)C1(C)C. The van der Waals surface area contributed by atoms with Crippen LogP contribution in [-0.4, -0.2) is 11.2 Å². The fourth-order valence-electron chi connectivity index (χ4n) is 10.8. The molecule has 4 saturated carbocycles. The van der Waals surface area contributed by atoms with E-state index in [0.717, 1.165) is 41.9 Å². The zero-order valence-corrected chi connectivity index (χ0v) is 23.0. The van der Waals surface area contributed by atoms with Crippen molar-refractivity contribution >= 4 is 0 Å². The van der Waals surface area contributed by atoms with Crippen LogP contribution < -0.4 is 0 Å². The standard InChI is InChI=1S/C31H56O/c1-9-31-20-19-29(7)23(22(4)12-10-11-21(2)3)17-18-30(29,8)26(31)15-13-24-25(31)14-16-27(32)28(24,5)6/h21-27,32H,9-20H2,1-8H3/t22-,23-,24-,25-,26+,27+,29-,30+,31+/m1/s1. The largest absolute Gasteiger partial charge is 0.393 e. The highest BCUT2D eigenvalue weighted by Gasteiger charge is 2.69. The Morgan fingerprint density at radius 2 is 1.47 bits per heavy atom. The van der Waals surface area contributed by atoms with Crippen LogP contribution in [-0.2, 0) is 0 Å². The zero-order chi connectivity index (χ0) is 23.5. The second-order valence-electron chi connectivity index (χ2n) is 14.6. The molecule has 32 heavy (non-hydrogen) atoms. The molecule has 0 bridgehead atoms. The quantitative estimate of drug-likeness (QED) is 0.433. The molecule has 4 rings (SSSR count). The Bertz CT molecular complexity index is 665. The van der Waals surface area contributed by atoms with E-state index in [-0.39, 0.29) is 11.5 Å². The van der Waals surface area contributed by atoms with Crippen LogP contribution in [0, 0.1) is 57.2 Å². The van der Waals surface area contributed by atoms with Gasteiger partial charge in [0, 0.05) is 0 Å². The third-order valence-corrected chi connectivity index (χ3v) is 13.0. The first-order valence-corrected chi connectivity index (χ1v) is 14.6. The van der Waals surface area contributed by atoms with E-state index in [4.69, 9.17) is 0 Å². The van der Waals surface area contributed by atoms with Crippen LogP contribution in [0.2, 0.25) is 0 Å². The predicted molar refractivity (Wildman–Crippen MR) is 137 cm³/mol. The molecule has 4 fully saturated rings. The van der Waals surface area contributed by atoms with Crippen molar-refractivity contribution < 1.29 is 5.11 Å². The molecule has 9 atom stereocenters. The molecule has 0 aromatic carbocycles. The molecular formula is C31H56O. The lowest BCUT2D eigenvalue weighted by Crippen LogP contribution is -2.62. The van der Waals surface area contributed by atoms with Gasteiger partial charge in [-0.3, -0.25) is 0 Å². The topological polar surface area (TPSA) is 20.2 Å². The summed E-state index contributed by atoms with van der Waals surface area (Å²) >= 11 is 0. The molecule has 0 amide bonds. The average Bonchev–Trinajstić information content (AvgIpc) is 3.01. The summed E-state index contributed by atoms with van der Waals surface area (Å²) in [4.78, 5) is 0. The number of hydrogen-bond donors (Lipinski definition) is 1. The Kier molecular flexibility index (Phi) is 6.71. The number of rotatable bonds is 6. The molecule has 1 heteroatoms. The van der Waals surface area contributed by atoms with Crippen molar-refractivity contribution in [1.29, 1.82) is 0 Å². The normalized spacial score (nSPS) is 48.8. The van der Waals surface area contributed by atoms with Crippen molar-refractivity contribution in [3.05, 3.63) is 0 Å². The summed E-state index contributed by atoms with van der Waals surface area (Å²) in [5, 5.41) is 10.9. The molecule has 1 nitrogen and oxygen atoms in total. The first-order valence-electron chi connectivity index (χ1n) is 14.6. The zero-order valence-electron chi connectivity index (χ0n) is 23.0. The van der Waals surface area contributed by atoms with Crippen molar-refractivity contribution in [1.82, 2.24) is 0 Å². The number of aliphatic hydroxyl groups excluding tert-OH is 1. The first kappa shape index (κ1) is 25.1. The van der Waals surface area contributed by atoms with Crippen LogP contribution in [0.5, 0.6) is 0 Å². The first-order chi connectivity index (χ1) is 14.9. The molecule has 186 valence electrons. The van der Waals surface area contributed by atoms with Crippen molar-refractivity contribution in [3.63, 3.8) is 0 Å². The highest BCUT2D eigenvalue weighted by molar-refractivity contribution is 5.17. The molecule has 0 heterocycles. The Labute approximate surface area is 200 Å². The van der Waals surface area contributed by atoms with E-state index >= 15 is 0 Å². The minimum Gasteiger partial charge on any atom is -0.393 e. The summed E-state index contributed by atoms with van der Waals surface area (Å²) in [6.45, 7) is 20.2. The van der Waals surface area contributed by atoms with Gasteiger partial charge in [-0.1, -0.05) is 74.7 Å². The van der Waals surface area contributed by atoms with Gasteiger partial charge >= 0.3 is 0 Å². The lowest BCUT2D eigenvalue weighted by atomic mass is 9.36. The molecule has 0 aromatic heterocycles. The average molecular weight is 445 g/mol. The lowest BCUT2D eigenvalue weighted by molar-refractivity contribution is -0.211. The van der Waals surface area contributed by atoms with Gasteiger partial charge in [0.1, 0.15) is 0 Å². The fraction of sp³-hybridized carbons (Fsp3) is 1.00. The van der Waals surface area contributed by atoms with Gasteiger partial charge in [-0.15, -0.1) is 0 Å². The Morgan fingerprint density at radius 1 is 0.781 bits per heavy atom. The summed E-state index contributed by atoms with van der Waals surface area (Å²) in [7, 11) is 0. The van der Waals surface area contributed by atoms with E-state index in [1.165, 1.54) is 70.6 Å². The van der Waals surface area contributed by atoms with Gasteiger partial charge in [0.05, 0.1) is 6.10 Å². The van der Waals surface area contributed by atoms with Crippen LogP contribution in [0.25, 0.3) is 0 Å². The van der Waals surface area contributed by atoms with Crippen molar-refractivity contribution in [2.24, 2.45) is 57.2 Å². The van der Waals surface area contributed by atoms with Gasteiger partial charge in [-0.05, 0) is 115 Å². The smallest absolute Gasteiger partial charge is 0.0594 e. The van der Waals surface area contributed by atoms with Crippen LogP contribution in [0.3, 0.4) is 0 Å². The highest BCUT2D eigenvalue weighted by Crippen LogP contribution is 2.76. The van der Waals surface area contributed by atoms with Gasteiger partial charge < -0.3 is 5.11 Å². The van der Waals surface area contributed by atoms with Crippen molar-refractivity contribution in [2.45, 2.75) is 139 Å². The fourth-order valence-corrected chi connectivity index (χ4v) is 10.8. The maximum atomic E-state index is 10.9. The molecule has 4 aliphatic carbocycles. The Hall–Kier alpha value is -0.0400. The highest BCUT2D eigenvalue weighted by atomic mass is 16.3. The van der Waals surface area contributed by atoms with E-state index in [0.29, 0.717) is 16.2 Å². The monoisotopic (exact) mass is 444 g/mol. The van der Waals surface area contributed by atoms with Crippen LogP contribution >= 0.6 is 0 Å².